The lowest BCUT2D eigenvalue weighted by Crippen LogP contribution is -2.57. The van der Waals surface area contributed by atoms with Crippen molar-refractivity contribution in [3.63, 3.8) is 0 Å². The molecule has 1 amide bonds. The van der Waals surface area contributed by atoms with E-state index in [9.17, 15) is 9.90 Å². The number of hydrogen-bond acceptors (Lipinski definition) is 4. The molecule has 2 aromatic rings. The molecule has 5 rings (SSSR count). The molecule has 5 nitrogen and oxygen atoms in total. The molecule has 0 bridgehead atoms. The van der Waals surface area contributed by atoms with Gasteiger partial charge in [-0.25, -0.2) is 0 Å². The molecule has 2 aromatic carbocycles. The zero-order chi connectivity index (χ0) is 22.2. The molecule has 2 heterocycles. The van der Waals surface area contributed by atoms with Crippen LogP contribution in [-0.2, 0) is 10.4 Å². The summed E-state index contributed by atoms with van der Waals surface area (Å²) in [6.45, 7) is 2.40. The second-order valence-corrected chi connectivity index (χ2v) is 9.78. The van der Waals surface area contributed by atoms with Gasteiger partial charge in [0.1, 0.15) is 11.4 Å². The number of carbonyl (C=O) groups is 1. The van der Waals surface area contributed by atoms with Crippen molar-refractivity contribution in [2.45, 2.75) is 56.1 Å². The smallest absolute Gasteiger partial charge is 0.227 e. The molecule has 0 aromatic heterocycles. The van der Waals surface area contributed by atoms with Crippen molar-refractivity contribution in [1.82, 2.24) is 10.2 Å². The van der Waals surface area contributed by atoms with Crippen molar-refractivity contribution in [2.75, 3.05) is 26.7 Å². The van der Waals surface area contributed by atoms with E-state index >= 15 is 0 Å². The molecule has 3 fully saturated rings. The molecule has 32 heavy (non-hydrogen) atoms. The zero-order valence-corrected chi connectivity index (χ0v) is 18.9. The van der Waals surface area contributed by atoms with Crippen LogP contribution in [-0.4, -0.2) is 48.7 Å². The lowest BCUT2D eigenvalue weighted by Gasteiger charge is -2.50. The first-order valence-corrected chi connectivity index (χ1v) is 12.0. The summed E-state index contributed by atoms with van der Waals surface area (Å²) in [5.74, 6) is 1.21. The highest BCUT2D eigenvalue weighted by atomic mass is 16.5. The van der Waals surface area contributed by atoms with Crippen molar-refractivity contribution in [3.8, 4) is 5.75 Å². The number of nitrogens with zero attached hydrogens (tertiary/aromatic N) is 1. The quantitative estimate of drug-likeness (QED) is 0.768. The molecule has 3 unspecified atom stereocenters. The van der Waals surface area contributed by atoms with Gasteiger partial charge in [0.25, 0.3) is 0 Å². The van der Waals surface area contributed by atoms with Crippen molar-refractivity contribution in [3.05, 3.63) is 65.7 Å². The fraction of sp³-hybridized carbons (Fsp3) is 0.519. The fourth-order valence-corrected chi connectivity index (χ4v) is 6.51. The first kappa shape index (κ1) is 21.5. The van der Waals surface area contributed by atoms with Gasteiger partial charge in [-0.05, 0) is 62.0 Å². The summed E-state index contributed by atoms with van der Waals surface area (Å²) in [7, 11) is 1.67. The lowest BCUT2D eigenvalue weighted by atomic mass is 9.66. The Kier molecular flexibility index (Phi) is 5.72. The summed E-state index contributed by atoms with van der Waals surface area (Å²) >= 11 is 0. The van der Waals surface area contributed by atoms with Gasteiger partial charge in [-0.3, -0.25) is 9.69 Å². The van der Waals surface area contributed by atoms with Gasteiger partial charge >= 0.3 is 0 Å². The minimum Gasteiger partial charge on any atom is -0.497 e. The van der Waals surface area contributed by atoms with Crippen LogP contribution in [0.15, 0.2) is 54.6 Å². The number of rotatable bonds is 4. The van der Waals surface area contributed by atoms with Crippen LogP contribution in [0, 0.1) is 5.41 Å². The van der Waals surface area contributed by atoms with E-state index < -0.39 is 5.60 Å². The molecule has 2 aliphatic heterocycles. The van der Waals surface area contributed by atoms with E-state index in [1.54, 1.807) is 7.11 Å². The normalized spacial score (nSPS) is 30.2. The van der Waals surface area contributed by atoms with E-state index in [0.717, 1.165) is 69.5 Å². The molecular formula is C27H34N2O3. The Morgan fingerprint density at radius 3 is 2.56 bits per heavy atom. The monoisotopic (exact) mass is 434 g/mol. The van der Waals surface area contributed by atoms with E-state index in [1.807, 2.05) is 30.3 Å². The van der Waals surface area contributed by atoms with E-state index in [1.165, 1.54) is 5.56 Å². The standard InChI is InChI=1S/C27H34N2O3/c1-32-22-11-7-10-21(18-22)27(31)13-6-5-12-24(27)29-16-14-26(15-17-29)23(19-28-25(26)30)20-8-3-2-4-9-20/h2-4,7-11,18,23-24,31H,5-6,12-17,19H2,1H3,(H,28,30). The number of piperidine rings is 1. The number of methoxy groups -OCH3 is 1. The summed E-state index contributed by atoms with van der Waals surface area (Å²) in [6, 6.07) is 18.5. The average molecular weight is 435 g/mol. The largest absolute Gasteiger partial charge is 0.497 e. The third-order valence-corrected chi connectivity index (χ3v) is 8.33. The minimum absolute atomic E-state index is 0.0698. The third-order valence-electron chi connectivity index (χ3n) is 8.33. The maximum absolute atomic E-state index is 13.0. The number of nitrogens with one attached hydrogen (secondary N) is 1. The van der Waals surface area contributed by atoms with E-state index in [4.69, 9.17) is 4.74 Å². The molecule has 1 saturated carbocycles. The predicted octanol–water partition coefficient (Wildman–Crippen LogP) is 3.82. The first-order chi connectivity index (χ1) is 15.6. The highest BCUT2D eigenvalue weighted by molar-refractivity contribution is 5.86. The SMILES string of the molecule is COc1cccc(C2(O)CCCCC2N2CCC3(CC2)C(=O)NCC3c2ccccc2)c1. The van der Waals surface area contributed by atoms with Crippen molar-refractivity contribution in [2.24, 2.45) is 5.41 Å². The summed E-state index contributed by atoms with van der Waals surface area (Å²) in [5.41, 5.74) is 0.988. The molecule has 2 saturated heterocycles. The Hall–Kier alpha value is -2.37. The Morgan fingerprint density at radius 2 is 1.81 bits per heavy atom. The van der Waals surface area contributed by atoms with Gasteiger partial charge in [0.05, 0.1) is 12.5 Å². The van der Waals surface area contributed by atoms with Crippen molar-refractivity contribution in [1.29, 1.82) is 0 Å². The maximum Gasteiger partial charge on any atom is 0.227 e. The molecule has 170 valence electrons. The van der Waals surface area contributed by atoms with Gasteiger partial charge in [-0.2, -0.15) is 0 Å². The number of carbonyl (C=O) groups excluding carboxylic acids is 1. The van der Waals surface area contributed by atoms with Crippen LogP contribution in [0.3, 0.4) is 0 Å². The van der Waals surface area contributed by atoms with Crippen LogP contribution in [0.5, 0.6) is 5.75 Å². The van der Waals surface area contributed by atoms with E-state index in [-0.39, 0.29) is 23.3 Å². The first-order valence-electron chi connectivity index (χ1n) is 12.0. The Morgan fingerprint density at radius 1 is 1.03 bits per heavy atom. The summed E-state index contributed by atoms with van der Waals surface area (Å²) in [6.07, 6.45) is 5.58. The van der Waals surface area contributed by atoms with Crippen molar-refractivity contribution >= 4 is 5.91 Å². The van der Waals surface area contributed by atoms with E-state index in [2.05, 4.69) is 34.5 Å². The summed E-state index contributed by atoms with van der Waals surface area (Å²) in [5, 5.41) is 15.1. The van der Waals surface area contributed by atoms with Crippen LogP contribution in [0.4, 0.5) is 0 Å². The number of ether oxygens (including phenoxy) is 1. The van der Waals surface area contributed by atoms with Gasteiger partial charge in [-0.15, -0.1) is 0 Å². The van der Waals surface area contributed by atoms with Gasteiger partial charge in [0.15, 0.2) is 0 Å². The highest BCUT2D eigenvalue weighted by Crippen LogP contribution is 2.50. The minimum atomic E-state index is -0.881. The molecular weight excluding hydrogens is 400 g/mol. The number of hydrogen-bond donors (Lipinski definition) is 2. The van der Waals surface area contributed by atoms with E-state index in [0.29, 0.717) is 0 Å². The van der Waals surface area contributed by atoms with Gasteiger partial charge in [-0.1, -0.05) is 55.3 Å². The second kappa shape index (κ2) is 8.53. The van der Waals surface area contributed by atoms with Crippen molar-refractivity contribution < 1.29 is 14.6 Å². The Bertz CT molecular complexity index is 954. The predicted molar refractivity (Wildman–Crippen MR) is 125 cm³/mol. The van der Waals surface area contributed by atoms with Crippen LogP contribution < -0.4 is 10.1 Å². The fourth-order valence-electron chi connectivity index (χ4n) is 6.51. The Labute approximate surface area is 190 Å². The highest BCUT2D eigenvalue weighted by Gasteiger charge is 2.54. The van der Waals surface area contributed by atoms with Gasteiger partial charge in [0, 0.05) is 18.5 Å². The number of aliphatic hydroxyl groups is 1. The number of amides is 1. The van der Waals surface area contributed by atoms with Gasteiger partial charge < -0.3 is 15.2 Å². The number of likely N-dealkylation sites (tertiary alicyclic amines) is 1. The summed E-state index contributed by atoms with van der Waals surface area (Å²) < 4.78 is 5.43. The molecule has 1 spiro atoms. The molecule has 3 atom stereocenters. The third kappa shape index (κ3) is 3.52. The van der Waals surface area contributed by atoms with Crippen LogP contribution >= 0.6 is 0 Å². The molecule has 5 heteroatoms. The molecule has 1 aliphatic carbocycles. The molecule has 0 radical (unpaired) electrons. The zero-order valence-electron chi connectivity index (χ0n) is 18.9. The van der Waals surface area contributed by atoms with Crippen LogP contribution in [0.1, 0.15) is 55.6 Å². The topological polar surface area (TPSA) is 61.8 Å². The lowest BCUT2D eigenvalue weighted by molar-refractivity contribution is -0.134. The Balaban J connectivity index is 1.38. The van der Waals surface area contributed by atoms with Crippen LogP contribution in [0.25, 0.3) is 0 Å². The van der Waals surface area contributed by atoms with Gasteiger partial charge in [0.2, 0.25) is 5.91 Å². The molecule has 3 aliphatic rings. The average Bonchev–Trinajstić information content (AvgIpc) is 3.16. The number of benzene rings is 2. The maximum atomic E-state index is 13.0. The van der Waals surface area contributed by atoms with Crippen LogP contribution in [0.2, 0.25) is 0 Å². The second-order valence-electron chi connectivity index (χ2n) is 9.78. The summed E-state index contributed by atoms with van der Waals surface area (Å²) in [4.78, 5) is 15.5. The molecule has 2 N–H and O–H groups in total.